The molecule has 3 N–H and O–H groups in total. The number of aryl methyl sites for hydroxylation is 1. The highest BCUT2D eigenvalue weighted by Crippen LogP contribution is 2.24. The Bertz CT molecular complexity index is 453. The summed E-state index contributed by atoms with van der Waals surface area (Å²) in [5.74, 6) is 0.662. The molecule has 0 aliphatic carbocycles. The van der Waals surface area contributed by atoms with Crippen LogP contribution >= 0.6 is 0 Å². The SMILES string of the molecule is CCC(CC(=O)NC(C)(CN)C(C)C)c1ccc(C)cc1. The smallest absolute Gasteiger partial charge is 0.221 e. The lowest BCUT2D eigenvalue weighted by atomic mass is 9.87. The van der Waals surface area contributed by atoms with Crippen molar-refractivity contribution >= 4 is 5.91 Å². The molecule has 0 saturated heterocycles. The van der Waals surface area contributed by atoms with E-state index in [-0.39, 0.29) is 17.4 Å². The van der Waals surface area contributed by atoms with E-state index >= 15 is 0 Å². The van der Waals surface area contributed by atoms with Crippen LogP contribution in [0.25, 0.3) is 0 Å². The largest absolute Gasteiger partial charge is 0.349 e. The first-order valence-electron chi connectivity index (χ1n) is 7.90. The third kappa shape index (κ3) is 4.85. The van der Waals surface area contributed by atoms with E-state index in [4.69, 9.17) is 5.73 Å². The Balaban J connectivity index is 2.73. The van der Waals surface area contributed by atoms with Crippen LogP contribution in [-0.4, -0.2) is 18.0 Å². The van der Waals surface area contributed by atoms with Gasteiger partial charge in [0.15, 0.2) is 0 Å². The number of hydrogen-bond donors (Lipinski definition) is 2. The van der Waals surface area contributed by atoms with Crippen LogP contribution in [0.4, 0.5) is 0 Å². The van der Waals surface area contributed by atoms with Crippen molar-refractivity contribution < 1.29 is 4.79 Å². The van der Waals surface area contributed by atoms with Crippen molar-refractivity contribution in [1.29, 1.82) is 0 Å². The maximum atomic E-state index is 12.4. The van der Waals surface area contributed by atoms with Gasteiger partial charge in [0.05, 0.1) is 5.54 Å². The topological polar surface area (TPSA) is 55.1 Å². The first kappa shape index (κ1) is 17.7. The second kappa shape index (κ2) is 7.60. The summed E-state index contributed by atoms with van der Waals surface area (Å²) in [6, 6.07) is 8.46. The third-order valence-corrected chi connectivity index (χ3v) is 4.60. The summed E-state index contributed by atoms with van der Waals surface area (Å²) in [7, 11) is 0. The number of nitrogens with one attached hydrogen (secondary N) is 1. The summed E-state index contributed by atoms with van der Waals surface area (Å²) >= 11 is 0. The van der Waals surface area contributed by atoms with Crippen LogP contribution in [0.1, 0.15) is 57.6 Å². The van der Waals surface area contributed by atoms with E-state index < -0.39 is 0 Å². The molecule has 0 aliphatic rings. The number of carbonyl (C=O) groups excluding carboxylic acids is 1. The van der Waals surface area contributed by atoms with Gasteiger partial charge in [0, 0.05) is 13.0 Å². The molecule has 0 radical (unpaired) electrons. The Hall–Kier alpha value is -1.35. The minimum atomic E-state index is -0.331. The molecule has 0 aromatic heterocycles. The molecule has 118 valence electrons. The van der Waals surface area contributed by atoms with Gasteiger partial charge < -0.3 is 11.1 Å². The maximum absolute atomic E-state index is 12.4. The van der Waals surface area contributed by atoms with Gasteiger partial charge in [-0.15, -0.1) is 0 Å². The molecule has 0 saturated carbocycles. The van der Waals surface area contributed by atoms with Crippen molar-refractivity contribution in [2.24, 2.45) is 11.7 Å². The van der Waals surface area contributed by atoms with Crippen molar-refractivity contribution in [2.75, 3.05) is 6.54 Å². The maximum Gasteiger partial charge on any atom is 0.221 e. The van der Waals surface area contributed by atoms with Gasteiger partial charge in [0.1, 0.15) is 0 Å². The Labute approximate surface area is 129 Å². The minimum absolute atomic E-state index is 0.0871. The zero-order valence-corrected chi connectivity index (χ0v) is 14.1. The highest BCUT2D eigenvalue weighted by molar-refractivity contribution is 5.77. The molecule has 0 heterocycles. The molecule has 0 spiro atoms. The average molecular weight is 290 g/mol. The van der Waals surface area contributed by atoms with E-state index in [2.05, 4.69) is 57.3 Å². The van der Waals surface area contributed by atoms with Crippen LogP contribution in [-0.2, 0) is 4.79 Å². The molecule has 1 aromatic carbocycles. The zero-order chi connectivity index (χ0) is 16.0. The quantitative estimate of drug-likeness (QED) is 0.809. The number of benzene rings is 1. The first-order chi connectivity index (χ1) is 9.82. The lowest BCUT2D eigenvalue weighted by molar-refractivity contribution is -0.123. The number of hydrogen-bond acceptors (Lipinski definition) is 2. The molecule has 0 fully saturated rings. The molecular formula is C18H30N2O. The van der Waals surface area contributed by atoms with Crippen LogP contribution in [0.3, 0.4) is 0 Å². The van der Waals surface area contributed by atoms with Crippen LogP contribution < -0.4 is 11.1 Å². The average Bonchev–Trinajstić information content (AvgIpc) is 2.45. The zero-order valence-electron chi connectivity index (χ0n) is 14.1. The summed E-state index contributed by atoms with van der Waals surface area (Å²) in [6.45, 7) is 10.9. The normalized spacial score (nSPS) is 15.6. The van der Waals surface area contributed by atoms with Gasteiger partial charge in [0.2, 0.25) is 5.91 Å². The fourth-order valence-corrected chi connectivity index (χ4v) is 2.36. The van der Waals surface area contributed by atoms with E-state index in [1.165, 1.54) is 11.1 Å². The molecule has 2 unspecified atom stereocenters. The Kier molecular flexibility index (Phi) is 6.41. The number of nitrogens with two attached hydrogens (primary N) is 1. The highest BCUT2D eigenvalue weighted by Gasteiger charge is 2.29. The lowest BCUT2D eigenvalue weighted by Gasteiger charge is -2.34. The van der Waals surface area contributed by atoms with Crippen LogP contribution in [0, 0.1) is 12.8 Å². The van der Waals surface area contributed by atoms with E-state index in [0.717, 1.165) is 6.42 Å². The predicted octanol–water partition coefficient (Wildman–Crippen LogP) is 3.37. The van der Waals surface area contributed by atoms with Crippen molar-refractivity contribution in [3.8, 4) is 0 Å². The summed E-state index contributed by atoms with van der Waals surface area (Å²) in [6.07, 6.45) is 1.47. The first-order valence-corrected chi connectivity index (χ1v) is 7.90. The summed E-state index contributed by atoms with van der Waals surface area (Å²) in [4.78, 5) is 12.4. The Morgan fingerprint density at radius 3 is 2.29 bits per heavy atom. The van der Waals surface area contributed by atoms with Gasteiger partial charge in [0.25, 0.3) is 0 Å². The minimum Gasteiger partial charge on any atom is -0.349 e. The van der Waals surface area contributed by atoms with Gasteiger partial charge in [-0.3, -0.25) is 4.79 Å². The molecule has 2 atom stereocenters. The van der Waals surface area contributed by atoms with Gasteiger partial charge >= 0.3 is 0 Å². The van der Waals surface area contributed by atoms with Crippen molar-refractivity contribution in [2.45, 2.75) is 58.9 Å². The van der Waals surface area contributed by atoms with Crippen LogP contribution in [0.5, 0.6) is 0 Å². The number of rotatable bonds is 7. The standard InChI is InChI=1S/C18H30N2O/c1-6-15(16-9-7-14(4)8-10-16)11-17(21)20-18(5,12-19)13(2)3/h7-10,13,15H,6,11-12,19H2,1-5H3,(H,20,21). The van der Waals surface area contributed by atoms with Crippen LogP contribution in [0.2, 0.25) is 0 Å². The van der Waals surface area contributed by atoms with E-state index in [1.54, 1.807) is 0 Å². The second-order valence-electron chi connectivity index (χ2n) is 6.54. The summed E-state index contributed by atoms with van der Waals surface area (Å²) in [5, 5.41) is 3.12. The van der Waals surface area contributed by atoms with E-state index in [1.807, 2.05) is 6.92 Å². The van der Waals surface area contributed by atoms with Crippen molar-refractivity contribution in [3.63, 3.8) is 0 Å². The fraction of sp³-hybridized carbons (Fsp3) is 0.611. The van der Waals surface area contributed by atoms with Crippen LogP contribution in [0.15, 0.2) is 24.3 Å². The Morgan fingerprint density at radius 1 is 1.29 bits per heavy atom. The summed E-state index contributed by atoms with van der Waals surface area (Å²) in [5.41, 5.74) is 7.98. The van der Waals surface area contributed by atoms with Gasteiger partial charge in [-0.1, -0.05) is 50.6 Å². The molecule has 1 aromatic rings. The molecule has 1 rings (SSSR count). The second-order valence-corrected chi connectivity index (χ2v) is 6.54. The molecule has 1 amide bonds. The molecule has 0 bridgehead atoms. The van der Waals surface area contributed by atoms with Crippen molar-refractivity contribution in [1.82, 2.24) is 5.32 Å². The molecular weight excluding hydrogens is 260 g/mol. The fourth-order valence-electron chi connectivity index (χ4n) is 2.36. The monoisotopic (exact) mass is 290 g/mol. The van der Waals surface area contributed by atoms with Gasteiger partial charge in [-0.2, -0.15) is 0 Å². The van der Waals surface area contributed by atoms with Gasteiger partial charge in [-0.05, 0) is 37.7 Å². The lowest BCUT2D eigenvalue weighted by Crippen LogP contribution is -2.55. The predicted molar refractivity (Wildman–Crippen MR) is 89.3 cm³/mol. The third-order valence-electron chi connectivity index (χ3n) is 4.60. The number of amides is 1. The van der Waals surface area contributed by atoms with Gasteiger partial charge in [-0.25, -0.2) is 0 Å². The highest BCUT2D eigenvalue weighted by atomic mass is 16.1. The molecule has 3 heteroatoms. The summed E-state index contributed by atoms with van der Waals surface area (Å²) < 4.78 is 0. The Morgan fingerprint density at radius 2 is 1.86 bits per heavy atom. The molecule has 21 heavy (non-hydrogen) atoms. The molecule has 0 aliphatic heterocycles. The molecule has 3 nitrogen and oxygen atoms in total. The van der Waals surface area contributed by atoms with Crippen molar-refractivity contribution in [3.05, 3.63) is 35.4 Å². The van der Waals surface area contributed by atoms with E-state index in [9.17, 15) is 4.79 Å². The van der Waals surface area contributed by atoms with E-state index in [0.29, 0.717) is 18.9 Å². The number of carbonyl (C=O) groups is 1.